The summed E-state index contributed by atoms with van der Waals surface area (Å²) in [7, 11) is 0. The maximum atomic E-state index is 10.4. The molecule has 5 heteroatoms. The minimum atomic E-state index is -0.250. The first-order chi connectivity index (χ1) is 14.1. The first-order valence-corrected chi connectivity index (χ1v) is 10.4. The van der Waals surface area contributed by atoms with E-state index in [4.69, 9.17) is 14.6 Å². The predicted octanol–water partition coefficient (Wildman–Crippen LogP) is 4.09. The number of aliphatic hydroxyl groups is 1. The zero-order valence-corrected chi connectivity index (χ0v) is 16.9. The van der Waals surface area contributed by atoms with Crippen molar-refractivity contribution in [1.29, 1.82) is 0 Å². The summed E-state index contributed by atoms with van der Waals surface area (Å²) < 4.78 is 5.88. The van der Waals surface area contributed by atoms with E-state index in [0.717, 1.165) is 31.8 Å². The zero-order valence-electron chi connectivity index (χ0n) is 16.9. The zero-order chi connectivity index (χ0) is 20.5. The van der Waals surface area contributed by atoms with E-state index < -0.39 is 0 Å². The number of ether oxygens (including phenoxy) is 1. The van der Waals surface area contributed by atoms with Gasteiger partial charge in [-0.05, 0) is 55.5 Å². The summed E-state index contributed by atoms with van der Waals surface area (Å²) in [4.78, 5) is 10.9. The van der Waals surface area contributed by atoms with Crippen molar-refractivity contribution in [2.45, 2.75) is 51.4 Å². The quantitative estimate of drug-likeness (QED) is 0.744. The van der Waals surface area contributed by atoms with E-state index in [9.17, 15) is 5.11 Å². The van der Waals surface area contributed by atoms with E-state index in [1.165, 1.54) is 36.8 Å². The van der Waals surface area contributed by atoms with Crippen LogP contribution in [0.1, 0.15) is 43.2 Å². The molecule has 1 aliphatic heterocycles. The van der Waals surface area contributed by atoms with Crippen LogP contribution in [0.3, 0.4) is 0 Å². The van der Waals surface area contributed by atoms with Gasteiger partial charge in [0.15, 0.2) is 0 Å². The molecule has 0 unspecified atom stereocenters. The van der Waals surface area contributed by atoms with Crippen LogP contribution in [-0.2, 0) is 17.9 Å². The Bertz CT molecular complexity index is 749. The van der Waals surface area contributed by atoms with Crippen LogP contribution in [0.5, 0.6) is 5.75 Å². The molecule has 1 heterocycles. The Morgan fingerprint density at radius 1 is 1.03 bits per heavy atom. The predicted molar refractivity (Wildman–Crippen MR) is 113 cm³/mol. The molecule has 2 N–H and O–H groups in total. The van der Waals surface area contributed by atoms with Crippen LogP contribution < -0.4 is 4.74 Å². The molecular formula is C24H31NO4. The molecular weight excluding hydrogens is 366 g/mol. The highest BCUT2D eigenvalue weighted by atomic mass is 16.5. The van der Waals surface area contributed by atoms with Crippen LogP contribution in [0.4, 0.5) is 0 Å². The van der Waals surface area contributed by atoms with Crippen LogP contribution in [0, 0.1) is 5.41 Å². The maximum Gasteiger partial charge on any atom is 0.290 e. The number of aliphatic hydroxyl groups excluding tert-OH is 1. The Morgan fingerprint density at radius 2 is 1.72 bits per heavy atom. The smallest absolute Gasteiger partial charge is 0.290 e. The monoisotopic (exact) mass is 397 g/mol. The van der Waals surface area contributed by atoms with Gasteiger partial charge >= 0.3 is 0 Å². The molecule has 2 atom stereocenters. The molecule has 0 bridgehead atoms. The fourth-order valence-electron chi connectivity index (χ4n) is 4.68. The van der Waals surface area contributed by atoms with Gasteiger partial charge in [0.05, 0.1) is 6.10 Å². The Balaban J connectivity index is 0.000000755. The molecule has 2 aliphatic rings. The van der Waals surface area contributed by atoms with Crippen molar-refractivity contribution >= 4 is 6.47 Å². The maximum absolute atomic E-state index is 10.4. The summed E-state index contributed by atoms with van der Waals surface area (Å²) in [6, 6.07) is 18.7. The van der Waals surface area contributed by atoms with E-state index in [1.54, 1.807) is 0 Å². The molecule has 0 aromatic heterocycles. The topological polar surface area (TPSA) is 70.0 Å². The lowest BCUT2D eigenvalue weighted by Gasteiger charge is -2.42. The van der Waals surface area contributed by atoms with Crippen molar-refractivity contribution in [3.05, 3.63) is 65.7 Å². The van der Waals surface area contributed by atoms with Crippen LogP contribution in [0.2, 0.25) is 0 Å². The first-order valence-electron chi connectivity index (χ1n) is 10.4. The van der Waals surface area contributed by atoms with Gasteiger partial charge < -0.3 is 14.9 Å². The summed E-state index contributed by atoms with van der Waals surface area (Å²) >= 11 is 0. The number of piperidine rings is 1. The molecule has 0 amide bonds. The lowest BCUT2D eigenvalue weighted by Crippen LogP contribution is -2.46. The van der Waals surface area contributed by atoms with Crippen molar-refractivity contribution in [2.24, 2.45) is 5.41 Å². The Kier molecular flexibility index (Phi) is 7.67. The lowest BCUT2D eigenvalue weighted by atomic mass is 9.76. The van der Waals surface area contributed by atoms with E-state index in [1.807, 2.05) is 18.2 Å². The van der Waals surface area contributed by atoms with Gasteiger partial charge in [0, 0.05) is 18.5 Å². The third-order valence-electron chi connectivity index (χ3n) is 6.12. The highest BCUT2D eigenvalue weighted by molar-refractivity contribution is 5.32. The summed E-state index contributed by atoms with van der Waals surface area (Å²) in [5.74, 6) is 0.916. The normalized spacial score (nSPS) is 24.0. The van der Waals surface area contributed by atoms with Crippen LogP contribution in [-0.4, -0.2) is 40.8 Å². The third kappa shape index (κ3) is 5.81. The van der Waals surface area contributed by atoms with Crippen LogP contribution >= 0.6 is 0 Å². The molecule has 1 spiro atoms. The van der Waals surface area contributed by atoms with Crippen molar-refractivity contribution in [1.82, 2.24) is 4.90 Å². The van der Waals surface area contributed by atoms with Gasteiger partial charge in [-0.2, -0.15) is 0 Å². The molecule has 1 saturated carbocycles. The molecule has 29 heavy (non-hydrogen) atoms. The van der Waals surface area contributed by atoms with E-state index in [2.05, 4.69) is 41.3 Å². The van der Waals surface area contributed by atoms with E-state index in [0.29, 0.717) is 6.61 Å². The Labute approximate surface area is 172 Å². The van der Waals surface area contributed by atoms with Crippen molar-refractivity contribution < 1.29 is 19.7 Å². The van der Waals surface area contributed by atoms with Gasteiger partial charge in [-0.15, -0.1) is 0 Å². The molecule has 2 aromatic rings. The molecule has 4 rings (SSSR count). The number of nitrogens with zero attached hydrogens (tertiary/aromatic N) is 1. The van der Waals surface area contributed by atoms with Crippen molar-refractivity contribution in [3.8, 4) is 5.75 Å². The molecule has 0 radical (unpaired) electrons. The largest absolute Gasteiger partial charge is 0.489 e. The number of hydrogen-bond acceptors (Lipinski definition) is 4. The van der Waals surface area contributed by atoms with Gasteiger partial charge in [0.2, 0.25) is 0 Å². The summed E-state index contributed by atoms with van der Waals surface area (Å²) in [5, 5.41) is 17.3. The van der Waals surface area contributed by atoms with Gasteiger partial charge in [-0.25, -0.2) is 0 Å². The van der Waals surface area contributed by atoms with E-state index >= 15 is 0 Å². The van der Waals surface area contributed by atoms with Crippen molar-refractivity contribution in [2.75, 3.05) is 13.1 Å². The summed E-state index contributed by atoms with van der Waals surface area (Å²) in [6.07, 6.45) is 5.66. The second-order valence-electron chi connectivity index (χ2n) is 8.11. The van der Waals surface area contributed by atoms with Gasteiger partial charge in [0.25, 0.3) is 6.47 Å². The number of carboxylic acid groups (broad SMARTS) is 1. The number of likely N-dealkylation sites (tertiary alicyclic amines) is 1. The third-order valence-corrected chi connectivity index (χ3v) is 6.12. The average molecular weight is 398 g/mol. The van der Waals surface area contributed by atoms with Gasteiger partial charge in [0.1, 0.15) is 12.4 Å². The van der Waals surface area contributed by atoms with Crippen LogP contribution in [0.15, 0.2) is 54.6 Å². The lowest BCUT2D eigenvalue weighted by molar-refractivity contribution is -0.122. The minimum absolute atomic E-state index is 0.0981. The number of carbonyl (C=O) groups is 1. The highest BCUT2D eigenvalue weighted by Gasteiger charge is 2.44. The SMILES string of the molecule is O=CO.O[C@@H]1CCC[C@]12CCCN(Cc1ccc(OCc3ccccc3)cc1)C2. The fraction of sp³-hybridized carbons (Fsp3) is 0.458. The highest BCUT2D eigenvalue weighted by Crippen LogP contribution is 2.45. The van der Waals surface area contributed by atoms with E-state index in [-0.39, 0.29) is 18.0 Å². The molecule has 1 aliphatic carbocycles. The van der Waals surface area contributed by atoms with Gasteiger partial charge in [-0.3, -0.25) is 9.69 Å². The summed E-state index contributed by atoms with van der Waals surface area (Å²) in [5.41, 5.74) is 2.67. The Morgan fingerprint density at radius 3 is 2.38 bits per heavy atom. The Hall–Kier alpha value is -2.37. The fourth-order valence-corrected chi connectivity index (χ4v) is 4.68. The second kappa shape index (κ2) is 10.4. The average Bonchev–Trinajstić information content (AvgIpc) is 3.08. The standard InChI is InChI=1S/C23H29NO2.CH2O2/c25-22-8-4-13-23(22)14-5-15-24(18-23)16-19-9-11-21(12-10-19)26-17-20-6-2-1-3-7-20;2-1-3/h1-3,6-7,9-12,22,25H,4-5,8,13-18H2;1H,(H,2,3)/t22-,23-;/m1./s1. The van der Waals surface area contributed by atoms with Crippen LogP contribution in [0.25, 0.3) is 0 Å². The summed E-state index contributed by atoms with van der Waals surface area (Å²) in [6.45, 7) is 3.50. The number of hydrogen-bond donors (Lipinski definition) is 2. The molecule has 2 aromatic carbocycles. The first kappa shape index (κ1) is 21.3. The molecule has 5 nitrogen and oxygen atoms in total. The number of rotatable bonds is 5. The van der Waals surface area contributed by atoms with Gasteiger partial charge in [-0.1, -0.05) is 48.9 Å². The molecule has 1 saturated heterocycles. The minimum Gasteiger partial charge on any atom is -0.489 e. The number of benzene rings is 2. The van der Waals surface area contributed by atoms with Crippen molar-refractivity contribution in [3.63, 3.8) is 0 Å². The molecule has 156 valence electrons. The molecule has 2 fully saturated rings. The second-order valence-corrected chi connectivity index (χ2v) is 8.11.